The molecule has 0 aliphatic carbocycles. The van der Waals surface area contributed by atoms with Gasteiger partial charge in [0.25, 0.3) is 0 Å². The molecule has 6 heteroatoms. The summed E-state index contributed by atoms with van der Waals surface area (Å²) in [4.78, 5) is 16.5. The zero-order valence-corrected chi connectivity index (χ0v) is 15.1. The predicted molar refractivity (Wildman–Crippen MR) is 100 cm³/mol. The van der Waals surface area contributed by atoms with Gasteiger partial charge in [-0.15, -0.1) is 0 Å². The van der Waals surface area contributed by atoms with E-state index in [0.29, 0.717) is 18.8 Å². The van der Waals surface area contributed by atoms with Crippen LogP contribution in [-0.2, 0) is 0 Å². The third-order valence-corrected chi connectivity index (χ3v) is 4.78. The maximum atomic E-state index is 13.2. The summed E-state index contributed by atoms with van der Waals surface area (Å²) in [6.07, 6.45) is 0. The first kappa shape index (κ1) is 17.5. The third kappa shape index (κ3) is 3.87. The summed E-state index contributed by atoms with van der Waals surface area (Å²) in [5.41, 5.74) is 4.25. The molecule has 2 aromatic carbocycles. The first-order chi connectivity index (χ1) is 12.0. The smallest absolute Gasteiger partial charge is 0.321 e. The number of aryl methyl sites for hydroxylation is 2. The Morgan fingerprint density at radius 2 is 1.72 bits per heavy atom. The van der Waals surface area contributed by atoms with Gasteiger partial charge in [-0.3, -0.25) is 0 Å². The molecule has 0 atom stereocenters. The van der Waals surface area contributed by atoms with Crippen LogP contribution in [0.3, 0.4) is 0 Å². The van der Waals surface area contributed by atoms with Crippen molar-refractivity contribution < 1.29 is 9.18 Å². The van der Waals surface area contributed by atoms with Gasteiger partial charge in [-0.2, -0.15) is 0 Å². The van der Waals surface area contributed by atoms with E-state index in [9.17, 15) is 9.18 Å². The summed E-state index contributed by atoms with van der Waals surface area (Å²) < 4.78 is 13.2. The molecule has 0 saturated carbocycles. The van der Waals surface area contributed by atoms with Crippen LogP contribution in [0.5, 0.6) is 0 Å². The second-order valence-corrected chi connectivity index (χ2v) is 6.68. The average Bonchev–Trinajstić information content (AvgIpc) is 2.58. The molecule has 0 unspecified atom stereocenters. The fourth-order valence-electron chi connectivity index (χ4n) is 3.21. The number of hydrogen-bond acceptors (Lipinski definition) is 2. The Hall–Kier alpha value is -2.27. The molecule has 2 amide bonds. The molecular formula is C19H21ClFN3O. The van der Waals surface area contributed by atoms with E-state index in [4.69, 9.17) is 11.6 Å². The lowest BCUT2D eigenvalue weighted by atomic mass is 10.1. The highest BCUT2D eigenvalue weighted by molar-refractivity contribution is 6.31. The molecule has 1 aliphatic heterocycles. The number of benzene rings is 2. The number of carbonyl (C=O) groups is 1. The molecule has 1 saturated heterocycles. The minimum Gasteiger partial charge on any atom is -0.368 e. The lowest BCUT2D eigenvalue weighted by molar-refractivity contribution is 0.208. The van der Waals surface area contributed by atoms with Crippen LogP contribution in [0.4, 0.5) is 20.6 Å². The van der Waals surface area contributed by atoms with Gasteiger partial charge in [-0.1, -0.05) is 29.8 Å². The number of rotatable bonds is 2. The number of hydrogen-bond donors (Lipinski definition) is 1. The lowest BCUT2D eigenvalue weighted by Crippen LogP contribution is -2.50. The summed E-state index contributed by atoms with van der Waals surface area (Å²) in [6, 6.07) is 10.3. The number of urea groups is 1. The molecule has 1 N–H and O–H groups in total. The maximum Gasteiger partial charge on any atom is 0.321 e. The first-order valence-corrected chi connectivity index (χ1v) is 8.65. The Labute approximate surface area is 152 Å². The van der Waals surface area contributed by atoms with Crippen molar-refractivity contribution in [2.24, 2.45) is 0 Å². The molecule has 1 heterocycles. The number of piperazine rings is 1. The van der Waals surface area contributed by atoms with E-state index in [1.54, 1.807) is 4.90 Å². The number of nitrogens with zero attached hydrogens (tertiary/aromatic N) is 2. The van der Waals surface area contributed by atoms with E-state index in [-0.39, 0.29) is 11.1 Å². The van der Waals surface area contributed by atoms with Crippen LogP contribution < -0.4 is 10.2 Å². The normalized spacial score (nSPS) is 14.6. The van der Waals surface area contributed by atoms with Gasteiger partial charge in [0.15, 0.2) is 0 Å². The molecule has 1 aliphatic rings. The van der Waals surface area contributed by atoms with Crippen molar-refractivity contribution in [3.8, 4) is 0 Å². The van der Waals surface area contributed by atoms with E-state index in [1.165, 1.54) is 35.0 Å². The van der Waals surface area contributed by atoms with Crippen LogP contribution in [0.25, 0.3) is 0 Å². The van der Waals surface area contributed by atoms with Crippen molar-refractivity contribution in [3.63, 3.8) is 0 Å². The van der Waals surface area contributed by atoms with Crippen LogP contribution in [-0.4, -0.2) is 37.1 Å². The second kappa shape index (κ2) is 7.31. The molecule has 1 fully saturated rings. The molecule has 4 nitrogen and oxygen atoms in total. The second-order valence-electron chi connectivity index (χ2n) is 6.27. The Morgan fingerprint density at radius 3 is 2.32 bits per heavy atom. The summed E-state index contributed by atoms with van der Waals surface area (Å²) in [5.74, 6) is -0.498. The number of para-hydroxylation sites is 1. The van der Waals surface area contributed by atoms with Crippen LogP contribution >= 0.6 is 11.6 Å². The van der Waals surface area contributed by atoms with Gasteiger partial charge < -0.3 is 15.1 Å². The van der Waals surface area contributed by atoms with Crippen LogP contribution in [0.2, 0.25) is 5.02 Å². The Morgan fingerprint density at radius 1 is 1.08 bits per heavy atom. The molecule has 25 heavy (non-hydrogen) atoms. The van der Waals surface area contributed by atoms with Gasteiger partial charge in [-0.25, -0.2) is 9.18 Å². The average molecular weight is 362 g/mol. The molecule has 0 spiro atoms. The first-order valence-electron chi connectivity index (χ1n) is 8.28. The quantitative estimate of drug-likeness (QED) is 0.857. The van der Waals surface area contributed by atoms with Crippen molar-refractivity contribution in [2.75, 3.05) is 36.4 Å². The largest absolute Gasteiger partial charge is 0.368 e. The molecule has 132 valence electrons. The summed E-state index contributed by atoms with van der Waals surface area (Å²) in [7, 11) is 0. The molecule has 3 rings (SSSR count). The zero-order chi connectivity index (χ0) is 18.0. The fourth-order valence-corrected chi connectivity index (χ4v) is 3.39. The van der Waals surface area contributed by atoms with Gasteiger partial charge >= 0.3 is 6.03 Å². The van der Waals surface area contributed by atoms with Crippen LogP contribution in [0.1, 0.15) is 11.1 Å². The van der Waals surface area contributed by atoms with Gasteiger partial charge in [0.05, 0.1) is 5.02 Å². The Balaban J connectivity index is 1.62. The standard InChI is InChI=1S/C19H21ClFN3O/c1-13-4-3-5-14(2)18(13)23-8-10-24(11-9-23)19(25)22-15-6-7-17(21)16(20)12-15/h3-7,12H,8-11H2,1-2H3,(H,22,25). The SMILES string of the molecule is Cc1cccc(C)c1N1CCN(C(=O)Nc2ccc(F)c(Cl)c2)CC1. The number of amides is 2. The maximum absolute atomic E-state index is 13.2. The molecule has 0 aromatic heterocycles. The monoisotopic (exact) mass is 361 g/mol. The highest BCUT2D eigenvalue weighted by Gasteiger charge is 2.23. The number of anilines is 2. The predicted octanol–water partition coefficient (Wildman–Crippen LogP) is 4.45. The summed E-state index contributed by atoms with van der Waals surface area (Å²) in [5, 5.41) is 2.77. The van der Waals surface area contributed by atoms with E-state index < -0.39 is 5.82 Å². The van der Waals surface area contributed by atoms with Crippen LogP contribution in [0, 0.1) is 19.7 Å². The van der Waals surface area contributed by atoms with E-state index in [0.717, 1.165) is 13.1 Å². The highest BCUT2D eigenvalue weighted by atomic mass is 35.5. The van der Waals surface area contributed by atoms with Gasteiger partial charge in [-0.05, 0) is 43.2 Å². The zero-order valence-electron chi connectivity index (χ0n) is 14.4. The molecule has 0 bridgehead atoms. The van der Waals surface area contributed by atoms with Gasteiger partial charge in [0.1, 0.15) is 5.82 Å². The lowest BCUT2D eigenvalue weighted by Gasteiger charge is -2.37. The number of nitrogens with one attached hydrogen (secondary N) is 1. The highest BCUT2D eigenvalue weighted by Crippen LogP contribution is 2.26. The van der Waals surface area contributed by atoms with Crippen molar-refractivity contribution in [1.82, 2.24) is 4.90 Å². The van der Waals surface area contributed by atoms with Crippen molar-refractivity contribution >= 4 is 29.0 Å². The Bertz CT molecular complexity index is 768. The molecule has 2 aromatic rings. The van der Waals surface area contributed by atoms with Crippen molar-refractivity contribution in [2.45, 2.75) is 13.8 Å². The topological polar surface area (TPSA) is 35.6 Å². The van der Waals surface area contributed by atoms with Crippen molar-refractivity contribution in [1.29, 1.82) is 0 Å². The third-order valence-electron chi connectivity index (χ3n) is 4.49. The Kier molecular flexibility index (Phi) is 5.13. The van der Waals surface area contributed by atoms with Crippen LogP contribution in [0.15, 0.2) is 36.4 Å². The summed E-state index contributed by atoms with van der Waals surface area (Å²) >= 11 is 5.75. The van der Waals surface area contributed by atoms with Gasteiger partial charge in [0.2, 0.25) is 0 Å². The molecular weight excluding hydrogens is 341 g/mol. The summed E-state index contributed by atoms with van der Waals surface area (Å²) in [6.45, 7) is 7.05. The van der Waals surface area contributed by atoms with Crippen molar-refractivity contribution in [3.05, 3.63) is 58.4 Å². The molecule has 0 radical (unpaired) electrons. The number of carbonyl (C=O) groups excluding carboxylic acids is 1. The fraction of sp³-hybridized carbons (Fsp3) is 0.316. The minimum atomic E-state index is -0.498. The van der Waals surface area contributed by atoms with Gasteiger partial charge in [0, 0.05) is 37.6 Å². The van der Waals surface area contributed by atoms with E-state index in [2.05, 4.69) is 42.3 Å². The minimum absolute atomic E-state index is 0.00218. The van der Waals surface area contributed by atoms with E-state index >= 15 is 0 Å². The van der Waals surface area contributed by atoms with E-state index in [1.807, 2.05) is 0 Å². The number of halogens is 2.